The molecule has 8 heteroatoms. The molecule has 1 unspecified atom stereocenters. The van der Waals surface area contributed by atoms with Crippen molar-refractivity contribution in [2.24, 2.45) is 0 Å². The monoisotopic (exact) mass is 372 g/mol. The van der Waals surface area contributed by atoms with Crippen LogP contribution in [-0.4, -0.2) is 47.5 Å². The highest BCUT2D eigenvalue weighted by molar-refractivity contribution is 6.01. The third kappa shape index (κ3) is 3.72. The molecule has 0 saturated heterocycles. The van der Waals surface area contributed by atoms with E-state index in [9.17, 15) is 14.4 Å². The molecule has 27 heavy (non-hydrogen) atoms. The molecule has 2 aromatic rings. The summed E-state index contributed by atoms with van der Waals surface area (Å²) in [5.41, 5.74) is 6.89. The Kier molecular flexibility index (Phi) is 5.57. The first kappa shape index (κ1) is 19.1. The standard InChI is InChI=1S/C19H24N4O4/c1-22(14-8-7-12-5-3-4-6-13(12)14)11-15(24)16-17(20)23(9-10-27-2)19(26)21-18(16)25/h3-6,14H,7-11,20H2,1-2H3,(H,21,25,26). The van der Waals surface area contributed by atoms with Crippen molar-refractivity contribution >= 4 is 11.6 Å². The van der Waals surface area contributed by atoms with Crippen molar-refractivity contribution in [1.82, 2.24) is 14.5 Å². The Morgan fingerprint density at radius 2 is 2.11 bits per heavy atom. The molecule has 0 spiro atoms. The summed E-state index contributed by atoms with van der Waals surface area (Å²) in [5, 5.41) is 0. The third-order valence-corrected chi connectivity index (χ3v) is 5.06. The summed E-state index contributed by atoms with van der Waals surface area (Å²) in [6.07, 6.45) is 1.88. The zero-order chi connectivity index (χ0) is 19.6. The quantitative estimate of drug-likeness (QED) is 0.688. The Bertz CT molecular complexity index is 963. The number of nitrogen functional groups attached to an aromatic ring is 1. The van der Waals surface area contributed by atoms with Crippen molar-refractivity contribution < 1.29 is 9.53 Å². The fraction of sp³-hybridized carbons (Fsp3) is 0.421. The highest BCUT2D eigenvalue weighted by Crippen LogP contribution is 2.34. The Balaban J connectivity index is 1.84. The van der Waals surface area contributed by atoms with Gasteiger partial charge in [0.2, 0.25) is 0 Å². The molecule has 1 heterocycles. The van der Waals surface area contributed by atoms with Gasteiger partial charge in [0.1, 0.15) is 11.4 Å². The van der Waals surface area contributed by atoms with Gasteiger partial charge >= 0.3 is 5.69 Å². The number of rotatable bonds is 7. The number of Topliss-reactive ketones (excluding diaryl/α,β-unsaturated/α-hetero) is 1. The number of aromatic nitrogens is 2. The lowest BCUT2D eigenvalue weighted by atomic mass is 10.1. The SMILES string of the molecule is COCCn1c(N)c(C(=O)CN(C)C2CCc3ccccc32)c(=O)[nH]c1=O. The number of likely N-dealkylation sites (N-methyl/N-ethyl adjacent to an activating group) is 1. The summed E-state index contributed by atoms with van der Waals surface area (Å²) in [4.78, 5) is 41.1. The second kappa shape index (κ2) is 7.89. The number of H-pyrrole nitrogens is 1. The van der Waals surface area contributed by atoms with Gasteiger partial charge in [-0.3, -0.25) is 24.0 Å². The number of fused-ring (bicyclic) bond motifs is 1. The number of nitrogens with zero attached hydrogens (tertiary/aromatic N) is 2. The lowest BCUT2D eigenvalue weighted by molar-refractivity contribution is 0.0917. The molecule has 144 valence electrons. The predicted molar refractivity (Wildman–Crippen MR) is 102 cm³/mol. The van der Waals surface area contributed by atoms with Gasteiger partial charge in [0.25, 0.3) is 5.56 Å². The minimum atomic E-state index is -0.753. The summed E-state index contributed by atoms with van der Waals surface area (Å²) in [5.74, 6) is -0.530. The predicted octanol–water partition coefficient (Wildman–Crippen LogP) is 0.567. The number of anilines is 1. The largest absolute Gasteiger partial charge is 0.384 e. The zero-order valence-electron chi connectivity index (χ0n) is 15.5. The summed E-state index contributed by atoms with van der Waals surface area (Å²) < 4.78 is 6.11. The van der Waals surface area contributed by atoms with E-state index in [1.165, 1.54) is 18.2 Å². The first-order chi connectivity index (χ1) is 12.9. The van der Waals surface area contributed by atoms with Crippen molar-refractivity contribution in [3.8, 4) is 0 Å². The van der Waals surface area contributed by atoms with Gasteiger partial charge in [0.15, 0.2) is 5.78 Å². The number of ether oxygens (including phenoxy) is 1. The number of nitrogens with one attached hydrogen (secondary N) is 1. The van der Waals surface area contributed by atoms with Gasteiger partial charge in [-0.15, -0.1) is 0 Å². The number of hydrogen-bond acceptors (Lipinski definition) is 6. The molecule has 3 rings (SSSR count). The minimum Gasteiger partial charge on any atom is -0.384 e. The molecule has 3 N–H and O–H groups in total. The average molecular weight is 372 g/mol. The molecule has 1 aromatic carbocycles. The van der Waals surface area contributed by atoms with Crippen molar-refractivity contribution in [2.45, 2.75) is 25.4 Å². The second-order valence-electron chi connectivity index (χ2n) is 6.76. The average Bonchev–Trinajstić information content (AvgIpc) is 3.05. The van der Waals surface area contributed by atoms with Crippen molar-refractivity contribution in [3.63, 3.8) is 0 Å². The van der Waals surface area contributed by atoms with E-state index < -0.39 is 17.0 Å². The Morgan fingerprint density at radius 1 is 1.37 bits per heavy atom. The van der Waals surface area contributed by atoms with Crippen molar-refractivity contribution in [1.29, 1.82) is 0 Å². The van der Waals surface area contributed by atoms with Crippen LogP contribution in [0.1, 0.15) is 33.9 Å². The minimum absolute atomic E-state index is 0.0365. The molecule has 1 aromatic heterocycles. The van der Waals surface area contributed by atoms with Crippen LogP contribution in [0.5, 0.6) is 0 Å². The second-order valence-corrected chi connectivity index (χ2v) is 6.76. The maximum absolute atomic E-state index is 12.8. The Hall–Kier alpha value is -2.71. The number of benzene rings is 1. The van der Waals surface area contributed by atoms with Crippen LogP contribution >= 0.6 is 0 Å². The van der Waals surface area contributed by atoms with Crippen LogP contribution in [0.25, 0.3) is 0 Å². The lowest BCUT2D eigenvalue weighted by Crippen LogP contribution is -2.39. The van der Waals surface area contributed by atoms with Crippen LogP contribution in [-0.2, 0) is 17.7 Å². The van der Waals surface area contributed by atoms with Crippen LogP contribution in [0.3, 0.4) is 0 Å². The fourth-order valence-electron chi connectivity index (χ4n) is 3.67. The summed E-state index contributed by atoms with van der Waals surface area (Å²) >= 11 is 0. The van der Waals surface area contributed by atoms with Crippen molar-refractivity contribution in [2.75, 3.05) is 33.0 Å². The number of hydrogen-bond donors (Lipinski definition) is 2. The van der Waals surface area contributed by atoms with E-state index in [-0.39, 0.29) is 37.1 Å². The number of carbonyl (C=O) groups excluding carboxylic acids is 1. The number of aromatic amines is 1. The third-order valence-electron chi connectivity index (χ3n) is 5.06. The Morgan fingerprint density at radius 3 is 2.85 bits per heavy atom. The van der Waals surface area contributed by atoms with Gasteiger partial charge in [0.05, 0.1) is 19.7 Å². The van der Waals surface area contributed by atoms with Gasteiger partial charge in [-0.2, -0.15) is 0 Å². The number of aryl methyl sites for hydroxylation is 1. The van der Waals surface area contributed by atoms with Gasteiger partial charge in [-0.05, 0) is 31.0 Å². The van der Waals surface area contributed by atoms with Gasteiger partial charge in [0, 0.05) is 13.2 Å². The molecular formula is C19H24N4O4. The number of nitrogens with two attached hydrogens (primary N) is 1. The Labute approximate surface area is 156 Å². The molecule has 8 nitrogen and oxygen atoms in total. The maximum Gasteiger partial charge on any atom is 0.330 e. The maximum atomic E-state index is 12.8. The van der Waals surface area contributed by atoms with Crippen LogP contribution in [0.15, 0.2) is 33.9 Å². The zero-order valence-corrected chi connectivity index (χ0v) is 15.5. The van der Waals surface area contributed by atoms with E-state index in [2.05, 4.69) is 17.1 Å². The molecule has 0 bridgehead atoms. The van der Waals surface area contributed by atoms with Crippen LogP contribution < -0.4 is 17.0 Å². The number of ketones is 1. The van der Waals surface area contributed by atoms with E-state index in [1.807, 2.05) is 24.1 Å². The van der Waals surface area contributed by atoms with Gasteiger partial charge in [-0.25, -0.2) is 4.79 Å². The van der Waals surface area contributed by atoms with Crippen molar-refractivity contribution in [3.05, 3.63) is 61.8 Å². The molecule has 0 amide bonds. The molecule has 0 saturated carbocycles. The van der Waals surface area contributed by atoms with E-state index in [0.29, 0.717) is 0 Å². The van der Waals surface area contributed by atoms with Crippen LogP contribution in [0, 0.1) is 0 Å². The van der Waals surface area contributed by atoms with Crippen LogP contribution in [0.2, 0.25) is 0 Å². The molecule has 0 fully saturated rings. The highest BCUT2D eigenvalue weighted by Gasteiger charge is 2.28. The fourth-order valence-corrected chi connectivity index (χ4v) is 3.67. The van der Waals surface area contributed by atoms with Crippen LogP contribution in [0.4, 0.5) is 5.82 Å². The van der Waals surface area contributed by atoms with Gasteiger partial charge < -0.3 is 10.5 Å². The summed E-state index contributed by atoms with van der Waals surface area (Å²) in [6.45, 7) is 0.432. The van der Waals surface area contributed by atoms with E-state index in [1.54, 1.807) is 0 Å². The smallest absolute Gasteiger partial charge is 0.330 e. The molecule has 1 aliphatic carbocycles. The van der Waals surface area contributed by atoms with E-state index in [4.69, 9.17) is 10.5 Å². The van der Waals surface area contributed by atoms with E-state index >= 15 is 0 Å². The normalized spacial score (nSPS) is 15.9. The summed E-state index contributed by atoms with van der Waals surface area (Å²) in [7, 11) is 3.35. The number of methoxy groups -OCH3 is 1. The van der Waals surface area contributed by atoms with Gasteiger partial charge in [-0.1, -0.05) is 24.3 Å². The highest BCUT2D eigenvalue weighted by atomic mass is 16.5. The topological polar surface area (TPSA) is 110 Å². The molecule has 1 aliphatic rings. The number of carbonyl (C=O) groups is 1. The molecular weight excluding hydrogens is 348 g/mol. The summed E-state index contributed by atoms with van der Waals surface area (Å²) in [6, 6.07) is 8.28. The first-order valence-electron chi connectivity index (χ1n) is 8.86. The molecule has 0 radical (unpaired) electrons. The lowest BCUT2D eigenvalue weighted by Gasteiger charge is -2.24. The first-order valence-corrected chi connectivity index (χ1v) is 8.86. The molecule has 1 atom stereocenters. The molecule has 0 aliphatic heterocycles. The van der Waals surface area contributed by atoms with E-state index in [0.717, 1.165) is 17.4 Å².